The third-order valence-corrected chi connectivity index (χ3v) is 3.77. The third kappa shape index (κ3) is 4.47. The van der Waals surface area contributed by atoms with Gasteiger partial charge in [0, 0.05) is 6.08 Å². The summed E-state index contributed by atoms with van der Waals surface area (Å²) in [5, 5.41) is 14.3. The number of anilines is 1. The number of nitro groups is 1. The second kappa shape index (κ2) is 7.81. The Morgan fingerprint density at radius 3 is 2.58 bits per heavy atom. The average Bonchev–Trinajstić information content (AvgIpc) is 2.56. The van der Waals surface area contributed by atoms with Crippen LogP contribution in [0.1, 0.15) is 5.56 Å². The second-order valence-electron chi connectivity index (χ2n) is 4.64. The van der Waals surface area contributed by atoms with Crippen molar-refractivity contribution in [1.82, 2.24) is 0 Å². The molecule has 0 saturated carbocycles. The molecular weight excluding hydrogens is 355 g/mol. The van der Waals surface area contributed by atoms with Gasteiger partial charge in [0.25, 0.3) is 5.69 Å². The first-order valence-electron chi connectivity index (χ1n) is 6.67. The van der Waals surface area contributed by atoms with Crippen molar-refractivity contribution < 1.29 is 14.5 Å². The first-order valence-corrected chi connectivity index (χ1v) is 7.43. The van der Waals surface area contributed by atoms with Gasteiger partial charge in [0.2, 0.25) is 5.91 Å². The normalized spacial score (nSPS) is 10.6. The van der Waals surface area contributed by atoms with E-state index in [1.54, 1.807) is 18.2 Å². The number of nitro benzene ring substituents is 1. The Morgan fingerprint density at radius 1 is 1.21 bits per heavy atom. The molecule has 0 aliphatic heterocycles. The van der Waals surface area contributed by atoms with Crippen LogP contribution in [-0.4, -0.2) is 17.9 Å². The Balaban J connectivity index is 2.16. The Morgan fingerprint density at radius 2 is 1.96 bits per heavy atom. The molecule has 1 N–H and O–H groups in total. The van der Waals surface area contributed by atoms with Crippen LogP contribution >= 0.6 is 23.2 Å². The molecule has 2 aromatic rings. The molecule has 0 aromatic heterocycles. The predicted octanol–water partition coefficient (Wildman–Crippen LogP) is 4.56. The summed E-state index contributed by atoms with van der Waals surface area (Å²) in [4.78, 5) is 22.4. The number of benzene rings is 2. The van der Waals surface area contributed by atoms with Crippen LogP contribution in [0.15, 0.2) is 42.5 Å². The lowest BCUT2D eigenvalue weighted by Crippen LogP contribution is -2.09. The van der Waals surface area contributed by atoms with E-state index >= 15 is 0 Å². The number of nitrogens with zero attached hydrogens (tertiary/aromatic N) is 1. The topological polar surface area (TPSA) is 81.5 Å². The lowest BCUT2D eigenvalue weighted by atomic mass is 10.2. The minimum Gasteiger partial charge on any atom is -0.496 e. The summed E-state index contributed by atoms with van der Waals surface area (Å²) < 4.78 is 4.94. The molecule has 24 heavy (non-hydrogen) atoms. The number of hydrogen-bond acceptors (Lipinski definition) is 4. The first kappa shape index (κ1) is 17.8. The highest BCUT2D eigenvalue weighted by atomic mass is 35.5. The molecule has 0 bridgehead atoms. The number of ether oxygens (including phenoxy) is 1. The fraction of sp³-hybridized carbons (Fsp3) is 0.0625. The van der Waals surface area contributed by atoms with Crippen molar-refractivity contribution in [2.75, 3.05) is 12.4 Å². The maximum atomic E-state index is 12.0. The van der Waals surface area contributed by atoms with Gasteiger partial charge in [-0.1, -0.05) is 29.3 Å². The van der Waals surface area contributed by atoms with Crippen molar-refractivity contribution in [3.05, 3.63) is 68.2 Å². The summed E-state index contributed by atoms with van der Waals surface area (Å²) in [6, 6.07) is 9.05. The summed E-state index contributed by atoms with van der Waals surface area (Å²) in [7, 11) is 1.40. The molecule has 0 radical (unpaired) electrons. The first-order chi connectivity index (χ1) is 11.4. The largest absolute Gasteiger partial charge is 0.496 e. The maximum Gasteiger partial charge on any atom is 0.296 e. The van der Waals surface area contributed by atoms with Crippen LogP contribution in [-0.2, 0) is 4.79 Å². The van der Waals surface area contributed by atoms with Crippen molar-refractivity contribution >= 4 is 46.6 Å². The molecular formula is C16H12Cl2N2O4. The zero-order valence-corrected chi connectivity index (χ0v) is 14.0. The van der Waals surface area contributed by atoms with Gasteiger partial charge < -0.3 is 10.1 Å². The van der Waals surface area contributed by atoms with Gasteiger partial charge in [-0.15, -0.1) is 0 Å². The standard InChI is InChI=1S/C16H12Cl2N2O4/c1-24-11-4-6-14(15(9-11)20(22)23)19-16(21)7-3-10-2-5-12(17)13(18)8-10/h2-9H,1H3,(H,19,21). The van der Waals surface area contributed by atoms with E-state index in [1.807, 2.05) is 0 Å². The molecule has 6 nitrogen and oxygen atoms in total. The van der Waals surface area contributed by atoms with Gasteiger partial charge >= 0.3 is 0 Å². The number of methoxy groups -OCH3 is 1. The molecule has 124 valence electrons. The molecule has 2 rings (SSSR count). The quantitative estimate of drug-likeness (QED) is 0.477. The van der Waals surface area contributed by atoms with Crippen LogP contribution < -0.4 is 10.1 Å². The Labute approximate surface area is 147 Å². The van der Waals surface area contributed by atoms with Crippen LogP contribution in [0, 0.1) is 10.1 Å². The SMILES string of the molecule is COc1ccc(NC(=O)C=Cc2ccc(Cl)c(Cl)c2)c([N+](=O)[O-])c1. The number of hydrogen-bond donors (Lipinski definition) is 1. The Hall–Kier alpha value is -2.57. The molecule has 0 heterocycles. The number of halogens is 2. The maximum absolute atomic E-state index is 12.0. The van der Waals surface area contributed by atoms with Crippen molar-refractivity contribution in [1.29, 1.82) is 0 Å². The van der Waals surface area contributed by atoms with E-state index < -0.39 is 10.8 Å². The minimum atomic E-state index is -0.596. The molecule has 0 saturated heterocycles. The summed E-state index contributed by atoms with van der Waals surface area (Å²) in [5.41, 5.74) is 0.485. The molecule has 1 amide bonds. The van der Waals surface area contributed by atoms with Gasteiger partial charge in [-0.2, -0.15) is 0 Å². The van der Waals surface area contributed by atoms with Crippen LogP contribution in [0.3, 0.4) is 0 Å². The molecule has 0 aliphatic rings. The summed E-state index contributed by atoms with van der Waals surface area (Å²) >= 11 is 11.7. The fourth-order valence-corrected chi connectivity index (χ4v) is 2.16. The van der Waals surface area contributed by atoms with Crippen molar-refractivity contribution in [3.63, 3.8) is 0 Å². The summed E-state index contributed by atoms with van der Waals surface area (Å²) in [6.07, 6.45) is 2.76. The zero-order valence-electron chi connectivity index (χ0n) is 12.5. The average molecular weight is 367 g/mol. The molecule has 0 spiro atoms. The monoisotopic (exact) mass is 366 g/mol. The predicted molar refractivity (Wildman–Crippen MR) is 93.8 cm³/mol. The van der Waals surface area contributed by atoms with E-state index in [1.165, 1.54) is 37.5 Å². The highest BCUT2D eigenvalue weighted by molar-refractivity contribution is 6.42. The molecule has 0 atom stereocenters. The van der Waals surface area contributed by atoms with E-state index in [0.717, 1.165) is 0 Å². The highest BCUT2D eigenvalue weighted by Gasteiger charge is 2.16. The zero-order chi connectivity index (χ0) is 17.7. The smallest absolute Gasteiger partial charge is 0.296 e. The molecule has 0 unspecified atom stereocenters. The molecule has 2 aromatic carbocycles. The fourth-order valence-electron chi connectivity index (χ4n) is 1.86. The molecule has 8 heteroatoms. The van der Waals surface area contributed by atoms with Gasteiger partial charge in [-0.3, -0.25) is 14.9 Å². The van der Waals surface area contributed by atoms with E-state index in [2.05, 4.69) is 5.32 Å². The summed E-state index contributed by atoms with van der Waals surface area (Å²) in [6.45, 7) is 0. The lowest BCUT2D eigenvalue weighted by Gasteiger charge is -2.05. The van der Waals surface area contributed by atoms with Crippen LogP contribution in [0.2, 0.25) is 10.0 Å². The molecule has 0 aliphatic carbocycles. The van der Waals surface area contributed by atoms with Gasteiger partial charge in [-0.05, 0) is 35.9 Å². The third-order valence-electron chi connectivity index (χ3n) is 3.03. The highest BCUT2D eigenvalue weighted by Crippen LogP contribution is 2.29. The van der Waals surface area contributed by atoms with Crippen molar-refractivity contribution in [3.8, 4) is 5.75 Å². The molecule has 0 fully saturated rings. The van der Waals surface area contributed by atoms with E-state index in [9.17, 15) is 14.9 Å². The Bertz CT molecular complexity index is 822. The van der Waals surface area contributed by atoms with Crippen LogP contribution in [0.5, 0.6) is 5.75 Å². The minimum absolute atomic E-state index is 0.0737. The van der Waals surface area contributed by atoms with Crippen molar-refractivity contribution in [2.45, 2.75) is 0 Å². The summed E-state index contributed by atoms with van der Waals surface area (Å²) in [5.74, 6) is -0.194. The van der Waals surface area contributed by atoms with Crippen LogP contribution in [0.4, 0.5) is 11.4 Å². The number of carbonyl (C=O) groups excluding carboxylic acids is 1. The Kier molecular flexibility index (Phi) is 5.78. The van der Waals surface area contributed by atoms with E-state index in [4.69, 9.17) is 27.9 Å². The van der Waals surface area contributed by atoms with Gasteiger partial charge in [0.1, 0.15) is 11.4 Å². The number of amides is 1. The van der Waals surface area contributed by atoms with Gasteiger partial charge in [0.15, 0.2) is 0 Å². The van der Waals surface area contributed by atoms with Gasteiger partial charge in [-0.25, -0.2) is 0 Å². The second-order valence-corrected chi connectivity index (χ2v) is 5.45. The van der Waals surface area contributed by atoms with E-state index in [0.29, 0.717) is 21.4 Å². The van der Waals surface area contributed by atoms with E-state index in [-0.39, 0.29) is 11.4 Å². The van der Waals surface area contributed by atoms with Crippen LogP contribution in [0.25, 0.3) is 6.08 Å². The number of nitrogens with one attached hydrogen (secondary N) is 1. The lowest BCUT2D eigenvalue weighted by molar-refractivity contribution is -0.384. The van der Waals surface area contributed by atoms with Crippen molar-refractivity contribution in [2.24, 2.45) is 0 Å². The number of carbonyl (C=O) groups is 1. The number of rotatable bonds is 5. The van der Waals surface area contributed by atoms with Gasteiger partial charge in [0.05, 0.1) is 28.1 Å².